The molecular formula is C13H16BrN3O2. The molecule has 1 aliphatic rings. The summed E-state index contributed by atoms with van der Waals surface area (Å²) in [4.78, 5) is 24.7. The van der Waals surface area contributed by atoms with Gasteiger partial charge in [0.2, 0.25) is 5.91 Å². The molecule has 3 amide bonds. The fraction of sp³-hybridized carbons (Fsp3) is 0.385. The molecule has 1 aromatic rings. The number of rotatable bonds is 2. The Bertz CT molecular complexity index is 505. The fourth-order valence-corrected chi connectivity index (χ4v) is 2.56. The molecule has 0 atom stereocenters. The predicted molar refractivity (Wildman–Crippen MR) is 75.7 cm³/mol. The summed E-state index contributed by atoms with van der Waals surface area (Å²) >= 11 is 3.46. The maximum atomic E-state index is 11.6. The SMILES string of the molecule is CNC(=O)NC(=O)CN1CCc2cc(Br)ccc2C1. The van der Waals surface area contributed by atoms with E-state index in [9.17, 15) is 9.59 Å². The first-order valence-electron chi connectivity index (χ1n) is 6.09. The molecule has 19 heavy (non-hydrogen) atoms. The van der Waals surface area contributed by atoms with Gasteiger partial charge in [0.15, 0.2) is 0 Å². The Morgan fingerprint density at radius 2 is 2.16 bits per heavy atom. The molecule has 1 aliphatic heterocycles. The van der Waals surface area contributed by atoms with Crippen LogP contribution < -0.4 is 10.6 Å². The molecule has 2 rings (SSSR count). The Balaban J connectivity index is 1.93. The van der Waals surface area contributed by atoms with Gasteiger partial charge < -0.3 is 5.32 Å². The van der Waals surface area contributed by atoms with Crippen LogP contribution in [0.15, 0.2) is 22.7 Å². The first-order chi connectivity index (χ1) is 9.08. The first kappa shape index (κ1) is 14.0. The van der Waals surface area contributed by atoms with Gasteiger partial charge in [-0.2, -0.15) is 0 Å². The standard InChI is InChI=1S/C13H16BrN3O2/c1-15-13(19)16-12(18)8-17-5-4-9-6-11(14)3-2-10(9)7-17/h2-3,6H,4-5,7-8H2,1H3,(H2,15,16,18,19). The van der Waals surface area contributed by atoms with E-state index in [2.05, 4.69) is 38.7 Å². The summed E-state index contributed by atoms with van der Waals surface area (Å²) in [7, 11) is 1.48. The van der Waals surface area contributed by atoms with Gasteiger partial charge in [-0.1, -0.05) is 22.0 Å². The Kier molecular flexibility index (Phi) is 4.55. The summed E-state index contributed by atoms with van der Waals surface area (Å²) < 4.78 is 1.08. The second kappa shape index (κ2) is 6.16. The van der Waals surface area contributed by atoms with Crippen LogP contribution in [-0.2, 0) is 17.8 Å². The third kappa shape index (κ3) is 3.78. The number of halogens is 1. The summed E-state index contributed by atoms with van der Waals surface area (Å²) in [6.45, 7) is 1.80. The van der Waals surface area contributed by atoms with Crippen molar-refractivity contribution in [3.63, 3.8) is 0 Å². The van der Waals surface area contributed by atoms with Crippen molar-refractivity contribution in [2.75, 3.05) is 20.1 Å². The van der Waals surface area contributed by atoms with Gasteiger partial charge in [-0.3, -0.25) is 15.0 Å². The van der Waals surface area contributed by atoms with Gasteiger partial charge >= 0.3 is 6.03 Å². The summed E-state index contributed by atoms with van der Waals surface area (Å²) in [6.07, 6.45) is 0.919. The third-order valence-corrected chi connectivity index (χ3v) is 3.60. The number of carbonyl (C=O) groups excluding carboxylic acids is 2. The Morgan fingerprint density at radius 1 is 1.37 bits per heavy atom. The van der Waals surface area contributed by atoms with Gasteiger partial charge in [-0.05, 0) is 29.7 Å². The van der Waals surface area contributed by atoms with Crippen LogP contribution in [0.4, 0.5) is 4.79 Å². The second-order valence-corrected chi connectivity index (χ2v) is 5.42. The summed E-state index contributed by atoms with van der Waals surface area (Å²) in [6, 6.07) is 5.73. The number of hydrogen-bond donors (Lipinski definition) is 2. The third-order valence-electron chi connectivity index (χ3n) is 3.11. The molecule has 0 spiro atoms. The zero-order chi connectivity index (χ0) is 13.8. The van der Waals surface area contributed by atoms with Crippen molar-refractivity contribution in [3.05, 3.63) is 33.8 Å². The summed E-state index contributed by atoms with van der Waals surface area (Å²) in [5.74, 6) is -0.278. The van der Waals surface area contributed by atoms with Gasteiger partial charge in [0.1, 0.15) is 0 Å². The van der Waals surface area contributed by atoms with Gasteiger partial charge in [0, 0.05) is 24.6 Å². The van der Waals surface area contributed by atoms with Gasteiger partial charge in [-0.15, -0.1) is 0 Å². The molecule has 0 saturated heterocycles. The van der Waals surface area contributed by atoms with E-state index < -0.39 is 6.03 Å². The van der Waals surface area contributed by atoms with Gasteiger partial charge in [-0.25, -0.2) is 4.79 Å². The average molecular weight is 326 g/mol. The zero-order valence-corrected chi connectivity index (χ0v) is 12.3. The van der Waals surface area contributed by atoms with Crippen molar-refractivity contribution in [1.29, 1.82) is 0 Å². The van der Waals surface area contributed by atoms with Crippen LogP contribution in [0.3, 0.4) is 0 Å². The number of imide groups is 1. The molecule has 0 radical (unpaired) electrons. The number of amides is 3. The van der Waals surface area contributed by atoms with Crippen molar-refractivity contribution in [3.8, 4) is 0 Å². The van der Waals surface area contributed by atoms with Crippen molar-refractivity contribution in [2.45, 2.75) is 13.0 Å². The number of nitrogens with one attached hydrogen (secondary N) is 2. The van der Waals surface area contributed by atoms with E-state index in [0.29, 0.717) is 0 Å². The van der Waals surface area contributed by atoms with E-state index in [-0.39, 0.29) is 12.5 Å². The Morgan fingerprint density at radius 3 is 2.89 bits per heavy atom. The number of fused-ring (bicyclic) bond motifs is 1. The van der Waals surface area contributed by atoms with Crippen LogP contribution in [0, 0.1) is 0 Å². The Hall–Kier alpha value is -1.40. The first-order valence-corrected chi connectivity index (χ1v) is 6.89. The molecule has 1 aromatic carbocycles. The molecule has 0 saturated carbocycles. The smallest absolute Gasteiger partial charge is 0.321 e. The highest BCUT2D eigenvalue weighted by Gasteiger charge is 2.19. The number of hydrogen-bond acceptors (Lipinski definition) is 3. The van der Waals surface area contributed by atoms with Crippen molar-refractivity contribution < 1.29 is 9.59 Å². The van der Waals surface area contributed by atoms with E-state index in [0.717, 1.165) is 24.0 Å². The lowest BCUT2D eigenvalue weighted by atomic mass is 10.00. The lowest BCUT2D eigenvalue weighted by Gasteiger charge is -2.28. The second-order valence-electron chi connectivity index (χ2n) is 4.50. The van der Waals surface area contributed by atoms with E-state index in [1.807, 2.05) is 11.0 Å². The van der Waals surface area contributed by atoms with Crippen LogP contribution in [0.25, 0.3) is 0 Å². The number of carbonyl (C=O) groups is 2. The van der Waals surface area contributed by atoms with E-state index in [1.54, 1.807) is 0 Å². The normalized spacial score (nSPS) is 14.6. The topological polar surface area (TPSA) is 61.4 Å². The molecule has 0 aliphatic carbocycles. The van der Waals surface area contributed by atoms with E-state index in [1.165, 1.54) is 18.2 Å². The molecule has 0 aromatic heterocycles. The molecule has 5 nitrogen and oxygen atoms in total. The number of nitrogens with zero attached hydrogens (tertiary/aromatic N) is 1. The minimum atomic E-state index is -0.466. The highest BCUT2D eigenvalue weighted by molar-refractivity contribution is 9.10. The molecule has 0 unspecified atom stereocenters. The largest absolute Gasteiger partial charge is 0.341 e. The van der Waals surface area contributed by atoms with Crippen LogP contribution in [0.5, 0.6) is 0 Å². The maximum Gasteiger partial charge on any atom is 0.321 e. The van der Waals surface area contributed by atoms with Crippen molar-refractivity contribution >= 4 is 27.9 Å². The molecular weight excluding hydrogens is 310 g/mol. The summed E-state index contributed by atoms with van der Waals surface area (Å²) in [5.41, 5.74) is 2.56. The quantitative estimate of drug-likeness (QED) is 0.860. The predicted octanol–water partition coefficient (Wildman–Crippen LogP) is 1.26. The molecule has 102 valence electrons. The lowest BCUT2D eigenvalue weighted by Crippen LogP contribution is -2.44. The summed E-state index contributed by atoms with van der Waals surface area (Å²) in [5, 5.41) is 4.63. The van der Waals surface area contributed by atoms with E-state index >= 15 is 0 Å². The van der Waals surface area contributed by atoms with Crippen molar-refractivity contribution in [1.82, 2.24) is 15.5 Å². The molecule has 2 N–H and O–H groups in total. The minimum Gasteiger partial charge on any atom is -0.341 e. The molecule has 6 heteroatoms. The van der Waals surface area contributed by atoms with Crippen LogP contribution in [0.1, 0.15) is 11.1 Å². The Labute approximate surface area is 120 Å². The van der Waals surface area contributed by atoms with Gasteiger partial charge in [0.25, 0.3) is 0 Å². The zero-order valence-electron chi connectivity index (χ0n) is 10.7. The number of urea groups is 1. The van der Waals surface area contributed by atoms with E-state index in [4.69, 9.17) is 0 Å². The maximum absolute atomic E-state index is 11.6. The molecule has 0 bridgehead atoms. The molecule has 1 heterocycles. The van der Waals surface area contributed by atoms with Crippen LogP contribution in [0.2, 0.25) is 0 Å². The lowest BCUT2D eigenvalue weighted by molar-refractivity contribution is -0.121. The minimum absolute atomic E-state index is 0.239. The van der Waals surface area contributed by atoms with Crippen molar-refractivity contribution in [2.24, 2.45) is 0 Å². The van der Waals surface area contributed by atoms with Crippen LogP contribution >= 0.6 is 15.9 Å². The molecule has 0 fully saturated rings. The highest BCUT2D eigenvalue weighted by atomic mass is 79.9. The number of benzene rings is 1. The van der Waals surface area contributed by atoms with Gasteiger partial charge in [0.05, 0.1) is 6.54 Å². The van der Waals surface area contributed by atoms with Crippen LogP contribution in [-0.4, -0.2) is 37.0 Å². The fourth-order valence-electron chi connectivity index (χ4n) is 2.15. The average Bonchev–Trinajstić information content (AvgIpc) is 2.38. The highest BCUT2D eigenvalue weighted by Crippen LogP contribution is 2.22. The monoisotopic (exact) mass is 325 g/mol.